The van der Waals surface area contributed by atoms with E-state index in [9.17, 15) is 0 Å². The second kappa shape index (κ2) is 7.53. The van der Waals surface area contributed by atoms with Crippen molar-refractivity contribution >= 4 is 0 Å². The molecule has 3 nitrogen and oxygen atoms in total. The third-order valence-electron chi connectivity index (χ3n) is 1.97. The van der Waals surface area contributed by atoms with Crippen molar-refractivity contribution in [2.75, 3.05) is 26.9 Å². The van der Waals surface area contributed by atoms with Crippen LogP contribution in [0.25, 0.3) is 0 Å². The van der Waals surface area contributed by atoms with Crippen molar-refractivity contribution in [3.63, 3.8) is 0 Å². The molecule has 0 aliphatic carbocycles. The molecule has 0 aromatic carbocycles. The quantitative estimate of drug-likeness (QED) is 0.589. The summed E-state index contributed by atoms with van der Waals surface area (Å²) < 4.78 is 10.1. The molecule has 3 heteroatoms. The fourth-order valence-electron chi connectivity index (χ4n) is 0.755. The maximum absolute atomic E-state index is 9.14. The Morgan fingerprint density at radius 2 is 1.83 bits per heavy atom. The minimum absolute atomic E-state index is 0.240. The number of aliphatic hydroxyl groups is 1. The Morgan fingerprint density at radius 1 is 1.17 bits per heavy atom. The highest BCUT2D eigenvalue weighted by Gasteiger charge is 2.07. The first kappa shape index (κ1) is 11.9. The minimum Gasteiger partial charge on any atom is -0.393 e. The second-order valence-corrected chi connectivity index (χ2v) is 3.11. The van der Waals surface area contributed by atoms with Crippen LogP contribution >= 0.6 is 0 Å². The fraction of sp³-hybridized carbons (Fsp3) is 1.00. The SMILES string of the molecule is COCCOCCC(C)C(C)O. The van der Waals surface area contributed by atoms with Crippen LogP contribution in [0, 0.1) is 5.92 Å². The second-order valence-electron chi connectivity index (χ2n) is 3.11. The molecule has 0 heterocycles. The molecule has 2 unspecified atom stereocenters. The van der Waals surface area contributed by atoms with E-state index >= 15 is 0 Å². The number of aliphatic hydroxyl groups excluding tert-OH is 1. The Morgan fingerprint density at radius 3 is 2.33 bits per heavy atom. The molecule has 0 aliphatic rings. The van der Waals surface area contributed by atoms with Crippen molar-refractivity contribution in [1.29, 1.82) is 0 Å². The molecule has 0 spiro atoms. The van der Waals surface area contributed by atoms with E-state index in [0.717, 1.165) is 6.42 Å². The average Bonchev–Trinajstić information content (AvgIpc) is 2.03. The summed E-state index contributed by atoms with van der Waals surface area (Å²) in [7, 11) is 1.65. The minimum atomic E-state index is -0.240. The molecule has 0 saturated carbocycles. The molecule has 0 bridgehead atoms. The molecule has 74 valence electrons. The highest BCUT2D eigenvalue weighted by Crippen LogP contribution is 2.06. The van der Waals surface area contributed by atoms with Gasteiger partial charge in [0.15, 0.2) is 0 Å². The van der Waals surface area contributed by atoms with Crippen LogP contribution in [0.2, 0.25) is 0 Å². The maximum Gasteiger partial charge on any atom is 0.0700 e. The Bertz CT molecular complexity index is 93.8. The van der Waals surface area contributed by atoms with Gasteiger partial charge in [0, 0.05) is 13.7 Å². The van der Waals surface area contributed by atoms with Gasteiger partial charge in [0.25, 0.3) is 0 Å². The van der Waals surface area contributed by atoms with E-state index in [1.54, 1.807) is 14.0 Å². The van der Waals surface area contributed by atoms with Crippen LogP contribution in [0.4, 0.5) is 0 Å². The molecule has 2 atom stereocenters. The summed E-state index contributed by atoms with van der Waals surface area (Å²) >= 11 is 0. The number of methoxy groups -OCH3 is 1. The largest absolute Gasteiger partial charge is 0.393 e. The van der Waals surface area contributed by atoms with Gasteiger partial charge in [0.2, 0.25) is 0 Å². The first-order chi connectivity index (χ1) is 5.68. The zero-order valence-electron chi connectivity index (χ0n) is 8.25. The van der Waals surface area contributed by atoms with Crippen LogP contribution in [0.15, 0.2) is 0 Å². The normalized spacial score (nSPS) is 16.0. The lowest BCUT2D eigenvalue weighted by Gasteiger charge is -2.13. The van der Waals surface area contributed by atoms with Gasteiger partial charge in [-0.05, 0) is 19.3 Å². The molecule has 0 aliphatic heterocycles. The standard InChI is InChI=1S/C9H20O3/c1-8(9(2)10)4-5-12-7-6-11-3/h8-10H,4-7H2,1-3H3. The van der Waals surface area contributed by atoms with Gasteiger partial charge >= 0.3 is 0 Å². The Hall–Kier alpha value is -0.120. The Labute approximate surface area is 74.7 Å². The van der Waals surface area contributed by atoms with Crippen molar-refractivity contribution < 1.29 is 14.6 Å². The predicted octanol–water partition coefficient (Wildman–Crippen LogP) is 1.06. The van der Waals surface area contributed by atoms with Crippen molar-refractivity contribution in [2.45, 2.75) is 26.4 Å². The zero-order chi connectivity index (χ0) is 9.40. The molecule has 12 heavy (non-hydrogen) atoms. The summed E-state index contributed by atoms with van der Waals surface area (Å²) in [4.78, 5) is 0. The van der Waals surface area contributed by atoms with E-state index in [0.29, 0.717) is 25.7 Å². The van der Waals surface area contributed by atoms with Gasteiger partial charge in [-0.25, -0.2) is 0 Å². The monoisotopic (exact) mass is 176 g/mol. The molecular formula is C9H20O3. The van der Waals surface area contributed by atoms with Crippen LogP contribution in [0.1, 0.15) is 20.3 Å². The van der Waals surface area contributed by atoms with E-state index in [1.807, 2.05) is 6.92 Å². The van der Waals surface area contributed by atoms with Crippen molar-refractivity contribution in [3.8, 4) is 0 Å². The number of ether oxygens (including phenoxy) is 2. The summed E-state index contributed by atoms with van der Waals surface area (Å²) in [6.45, 7) is 5.81. The summed E-state index contributed by atoms with van der Waals surface area (Å²) in [5.41, 5.74) is 0. The van der Waals surface area contributed by atoms with Crippen LogP contribution < -0.4 is 0 Å². The van der Waals surface area contributed by atoms with Crippen molar-refractivity contribution in [2.24, 2.45) is 5.92 Å². The first-order valence-electron chi connectivity index (χ1n) is 4.43. The van der Waals surface area contributed by atoms with Crippen molar-refractivity contribution in [1.82, 2.24) is 0 Å². The predicted molar refractivity (Wildman–Crippen MR) is 48.2 cm³/mol. The first-order valence-corrected chi connectivity index (χ1v) is 4.43. The lowest BCUT2D eigenvalue weighted by atomic mass is 10.0. The summed E-state index contributed by atoms with van der Waals surface area (Å²) in [6.07, 6.45) is 0.664. The van der Waals surface area contributed by atoms with Gasteiger partial charge in [-0.15, -0.1) is 0 Å². The summed E-state index contributed by atoms with van der Waals surface area (Å²) in [6, 6.07) is 0. The topological polar surface area (TPSA) is 38.7 Å². The third-order valence-corrected chi connectivity index (χ3v) is 1.97. The van der Waals surface area contributed by atoms with E-state index in [4.69, 9.17) is 14.6 Å². The van der Waals surface area contributed by atoms with Gasteiger partial charge < -0.3 is 14.6 Å². The number of rotatable bonds is 7. The molecule has 0 aromatic rings. The van der Waals surface area contributed by atoms with E-state index in [-0.39, 0.29) is 6.10 Å². The maximum atomic E-state index is 9.14. The lowest BCUT2D eigenvalue weighted by molar-refractivity contribution is 0.0500. The molecule has 0 fully saturated rings. The van der Waals surface area contributed by atoms with Crippen LogP contribution in [-0.2, 0) is 9.47 Å². The van der Waals surface area contributed by atoms with Crippen molar-refractivity contribution in [3.05, 3.63) is 0 Å². The van der Waals surface area contributed by atoms with Gasteiger partial charge in [0.05, 0.1) is 19.3 Å². The summed E-state index contributed by atoms with van der Waals surface area (Å²) in [5.74, 6) is 0.313. The van der Waals surface area contributed by atoms with E-state index < -0.39 is 0 Å². The van der Waals surface area contributed by atoms with Crippen LogP contribution in [0.3, 0.4) is 0 Å². The van der Waals surface area contributed by atoms with Gasteiger partial charge in [-0.1, -0.05) is 6.92 Å². The lowest BCUT2D eigenvalue weighted by Crippen LogP contribution is -2.15. The number of hydrogen-bond acceptors (Lipinski definition) is 3. The Balaban J connectivity index is 3.08. The summed E-state index contributed by atoms with van der Waals surface area (Å²) in [5, 5.41) is 9.14. The molecule has 0 rings (SSSR count). The molecule has 0 radical (unpaired) electrons. The molecule has 0 amide bonds. The molecular weight excluding hydrogens is 156 g/mol. The van der Waals surface area contributed by atoms with Gasteiger partial charge in [-0.3, -0.25) is 0 Å². The molecule has 0 saturated heterocycles. The van der Waals surface area contributed by atoms with Crippen LogP contribution in [-0.4, -0.2) is 38.1 Å². The van der Waals surface area contributed by atoms with E-state index in [2.05, 4.69) is 0 Å². The third kappa shape index (κ3) is 6.58. The fourth-order valence-corrected chi connectivity index (χ4v) is 0.755. The zero-order valence-corrected chi connectivity index (χ0v) is 8.25. The smallest absolute Gasteiger partial charge is 0.0700 e. The van der Waals surface area contributed by atoms with Gasteiger partial charge in [-0.2, -0.15) is 0 Å². The highest BCUT2D eigenvalue weighted by atomic mass is 16.5. The Kier molecular flexibility index (Phi) is 7.45. The molecule has 1 N–H and O–H groups in total. The van der Waals surface area contributed by atoms with Gasteiger partial charge in [0.1, 0.15) is 0 Å². The number of hydrogen-bond donors (Lipinski definition) is 1. The highest BCUT2D eigenvalue weighted by molar-refractivity contribution is 4.57. The molecule has 0 aromatic heterocycles. The average molecular weight is 176 g/mol. The van der Waals surface area contributed by atoms with E-state index in [1.165, 1.54) is 0 Å². The van der Waals surface area contributed by atoms with Crippen LogP contribution in [0.5, 0.6) is 0 Å².